The highest BCUT2D eigenvalue weighted by molar-refractivity contribution is 7.15. The normalized spacial score (nSPS) is 20.5. The van der Waals surface area contributed by atoms with Crippen molar-refractivity contribution >= 4 is 11.3 Å². The van der Waals surface area contributed by atoms with Gasteiger partial charge in [-0.3, -0.25) is 0 Å². The predicted molar refractivity (Wildman–Crippen MR) is 78.7 cm³/mol. The van der Waals surface area contributed by atoms with Gasteiger partial charge in [-0.15, -0.1) is 11.3 Å². The molecule has 2 N–H and O–H groups in total. The standard InChI is InChI=1S/C14H18N4OS/c1-14(2)5-8(15)12-10(6-14)18-13(20-12)9-4-11(19-3)17-7-16-9/h4,7-8H,5-6,15H2,1-3H3. The summed E-state index contributed by atoms with van der Waals surface area (Å²) >= 11 is 1.63. The van der Waals surface area contributed by atoms with Gasteiger partial charge >= 0.3 is 0 Å². The molecule has 2 heterocycles. The van der Waals surface area contributed by atoms with E-state index in [-0.39, 0.29) is 11.5 Å². The van der Waals surface area contributed by atoms with E-state index in [1.165, 1.54) is 11.2 Å². The van der Waals surface area contributed by atoms with Gasteiger partial charge < -0.3 is 10.5 Å². The molecule has 0 radical (unpaired) electrons. The topological polar surface area (TPSA) is 73.9 Å². The van der Waals surface area contributed by atoms with E-state index in [2.05, 4.69) is 23.8 Å². The van der Waals surface area contributed by atoms with Gasteiger partial charge in [0.05, 0.1) is 12.8 Å². The van der Waals surface area contributed by atoms with E-state index in [1.807, 2.05) is 0 Å². The van der Waals surface area contributed by atoms with Crippen LogP contribution >= 0.6 is 11.3 Å². The third kappa shape index (κ3) is 2.41. The maximum Gasteiger partial charge on any atom is 0.216 e. The summed E-state index contributed by atoms with van der Waals surface area (Å²) in [6.45, 7) is 4.48. The van der Waals surface area contributed by atoms with Crippen LogP contribution in [0.3, 0.4) is 0 Å². The van der Waals surface area contributed by atoms with Crippen molar-refractivity contribution in [3.8, 4) is 16.6 Å². The molecule has 6 heteroatoms. The first kappa shape index (κ1) is 13.5. The molecule has 0 aromatic carbocycles. The number of nitrogens with two attached hydrogens (primary N) is 1. The Morgan fingerprint density at radius 2 is 2.20 bits per heavy atom. The number of hydrogen-bond acceptors (Lipinski definition) is 6. The van der Waals surface area contributed by atoms with Gasteiger partial charge in [-0.1, -0.05) is 13.8 Å². The number of nitrogens with zero attached hydrogens (tertiary/aromatic N) is 3. The second-order valence-electron chi connectivity index (χ2n) is 5.93. The minimum atomic E-state index is 0.0729. The van der Waals surface area contributed by atoms with Gasteiger partial charge in [0, 0.05) is 17.0 Å². The number of methoxy groups -OCH3 is 1. The molecule has 2 aromatic rings. The molecule has 0 saturated heterocycles. The second kappa shape index (κ2) is 4.79. The molecule has 1 unspecified atom stereocenters. The zero-order valence-corrected chi connectivity index (χ0v) is 12.7. The highest BCUT2D eigenvalue weighted by Gasteiger charge is 2.33. The Morgan fingerprint density at radius 1 is 1.40 bits per heavy atom. The van der Waals surface area contributed by atoms with E-state index >= 15 is 0 Å². The summed E-state index contributed by atoms with van der Waals surface area (Å²) in [6.07, 6.45) is 3.46. The summed E-state index contributed by atoms with van der Waals surface area (Å²) < 4.78 is 5.13. The summed E-state index contributed by atoms with van der Waals surface area (Å²) in [6, 6.07) is 1.88. The molecule has 3 rings (SSSR count). The molecule has 1 aliphatic rings. The zero-order valence-electron chi connectivity index (χ0n) is 11.9. The van der Waals surface area contributed by atoms with Crippen molar-refractivity contribution < 1.29 is 4.74 Å². The Bertz CT molecular complexity index is 638. The minimum Gasteiger partial charge on any atom is -0.481 e. The number of rotatable bonds is 2. The van der Waals surface area contributed by atoms with Crippen LogP contribution in [-0.2, 0) is 6.42 Å². The van der Waals surface area contributed by atoms with Crippen LogP contribution in [0.2, 0.25) is 0 Å². The first-order valence-corrected chi connectivity index (χ1v) is 7.42. The predicted octanol–water partition coefficient (Wildman–Crippen LogP) is 2.58. The molecular weight excluding hydrogens is 272 g/mol. The molecule has 2 aromatic heterocycles. The van der Waals surface area contributed by atoms with Crippen LogP contribution in [0.15, 0.2) is 12.4 Å². The third-order valence-corrected chi connectivity index (χ3v) is 4.81. The molecule has 0 bridgehead atoms. The van der Waals surface area contributed by atoms with Crippen LogP contribution in [0.1, 0.15) is 36.9 Å². The molecule has 0 fully saturated rings. The van der Waals surface area contributed by atoms with Crippen molar-refractivity contribution in [2.45, 2.75) is 32.7 Å². The monoisotopic (exact) mass is 290 g/mol. The molecule has 1 aliphatic carbocycles. The Hall–Kier alpha value is -1.53. The lowest BCUT2D eigenvalue weighted by atomic mass is 9.77. The second-order valence-corrected chi connectivity index (χ2v) is 6.96. The lowest BCUT2D eigenvalue weighted by Crippen LogP contribution is -2.28. The Balaban J connectivity index is 2.01. The van der Waals surface area contributed by atoms with Crippen molar-refractivity contribution in [1.82, 2.24) is 15.0 Å². The lowest BCUT2D eigenvalue weighted by molar-refractivity contribution is 0.282. The maximum atomic E-state index is 6.28. The largest absolute Gasteiger partial charge is 0.481 e. The number of thiazole rings is 1. The molecular formula is C14H18N4OS. The molecule has 0 aliphatic heterocycles. The van der Waals surface area contributed by atoms with Crippen molar-refractivity contribution in [3.05, 3.63) is 23.0 Å². The Kier molecular flexibility index (Phi) is 3.22. The third-order valence-electron chi connectivity index (χ3n) is 3.55. The molecule has 0 spiro atoms. The lowest BCUT2D eigenvalue weighted by Gasteiger charge is -2.32. The molecule has 5 nitrogen and oxygen atoms in total. The maximum absolute atomic E-state index is 6.28. The molecule has 0 amide bonds. The van der Waals surface area contributed by atoms with Crippen molar-refractivity contribution in [2.24, 2.45) is 11.1 Å². The van der Waals surface area contributed by atoms with E-state index in [1.54, 1.807) is 24.5 Å². The van der Waals surface area contributed by atoms with Crippen LogP contribution in [0.5, 0.6) is 5.88 Å². The van der Waals surface area contributed by atoms with Gasteiger partial charge in [-0.25, -0.2) is 15.0 Å². The van der Waals surface area contributed by atoms with E-state index in [9.17, 15) is 0 Å². The summed E-state index contributed by atoms with van der Waals surface area (Å²) in [7, 11) is 1.59. The van der Waals surface area contributed by atoms with E-state index < -0.39 is 0 Å². The van der Waals surface area contributed by atoms with Gasteiger partial charge in [0.2, 0.25) is 5.88 Å². The molecule has 20 heavy (non-hydrogen) atoms. The van der Waals surface area contributed by atoms with Crippen molar-refractivity contribution in [1.29, 1.82) is 0 Å². The highest BCUT2D eigenvalue weighted by atomic mass is 32.1. The number of fused-ring (bicyclic) bond motifs is 1. The van der Waals surface area contributed by atoms with Crippen LogP contribution in [0.4, 0.5) is 0 Å². The number of hydrogen-bond donors (Lipinski definition) is 1. The van der Waals surface area contributed by atoms with E-state index in [0.29, 0.717) is 5.88 Å². The van der Waals surface area contributed by atoms with Gasteiger partial charge in [-0.05, 0) is 18.3 Å². The Labute approximate surface area is 122 Å². The number of ether oxygens (including phenoxy) is 1. The van der Waals surface area contributed by atoms with Crippen LogP contribution in [0.25, 0.3) is 10.7 Å². The first-order valence-electron chi connectivity index (χ1n) is 6.60. The fourth-order valence-corrected chi connectivity index (χ4v) is 3.72. The first-order chi connectivity index (χ1) is 9.48. The summed E-state index contributed by atoms with van der Waals surface area (Å²) in [5.41, 5.74) is 8.40. The Morgan fingerprint density at radius 3 is 2.95 bits per heavy atom. The summed E-state index contributed by atoms with van der Waals surface area (Å²) in [4.78, 5) is 14.2. The average Bonchev–Trinajstić information content (AvgIpc) is 2.81. The van der Waals surface area contributed by atoms with Gasteiger partial charge in [0.25, 0.3) is 0 Å². The van der Waals surface area contributed by atoms with E-state index in [4.69, 9.17) is 15.5 Å². The van der Waals surface area contributed by atoms with Gasteiger partial charge in [-0.2, -0.15) is 0 Å². The van der Waals surface area contributed by atoms with Gasteiger partial charge in [0.15, 0.2) is 0 Å². The SMILES string of the molecule is COc1cc(-c2nc3c(s2)C(N)CC(C)(C)C3)ncn1. The molecule has 106 valence electrons. The molecule has 1 atom stereocenters. The minimum absolute atomic E-state index is 0.0729. The average molecular weight is 290 g/mol. The fraction of sp³-hybridized carbons (Fsp3) is 0.500. The van der Waals surface area contributed by atoms with Crippen LogP contribution < -0.4 is 10.5 Å². The summed E-state index contributed by atoms with van der Waals surface area (Å²) in [5.74, 6) is 0.549. The highest BCUT2D eigenvalue weighted by Crippen LogP contribution is 2.43. The van der Waals surface area contributed by atoms with E-state index in [0.717, 1.165) is 29.2 Å². The smallest absolute Gasteiger partial charge is 0.216 e. The number of aromatic nitrogens is 3. The van der Waals surface area contributed by atoms with Crippen LogP contribution in [0, 0.1) is 5.41 Å². The quantitative estimate of drug-likeness (QED) is 0.920. The van der Waals surface area contributed by atoms with Crippen LogP contribution in [-0.4, -0.2) is 22.1 Å². The fourth-order valence-electron chi connectivity index (χ4n) is 2.67. The zero-order chi connectivity index (χ0) is 14.3. The van der Waals surface area contributed by atoms with Gasteiger partial charge in [0.1, 0.15) is 17.0 Å². The van der Waals surface area contributed by atoms with Crippen molar-refractivity contribution in [3.63, 3.8) is 0 Å². The van der Waals surface area contributed by atoms with Crippen molar-refractivity contribution in [2.75, 3.05) is 7.11 Å². The summed E-state index contributed by atoms with van der Waals surface area (Å²) in [5, 5.41) is 0.892. The molecule has 0 saturated carbocycles.